The Hall–Kier alpha value is -6.91. The predicted octanol–water partition coefficient (Wildman–Crippen LogP) is 9.22. The minimum Gasteiger partial charge on any atom is -0.239 e. The van der Waals surface area contributed by atoms with Crippen LogP contribution in [0.3, 0.4) is 0 Å². The Kier molecular flexibility index (Phi) is 7.17. The molecule has 10 rings (SSSR count). The fourth-order valence-electron chi connectivity index (χ4n) is 7.67. The molecule has 52 heavy (non-hydrogen) atoms. The molecule has 0 radical (unpaired) electrons. The topological polar surface area (TPSA) is 42.0 Å². The SMILES string of the molecule is c1ccc(C2=NC(c3ccc(-c4cc5c(-c6ccccc6)cc(-c6ccccc6)cn5n4)cc3)=NC3=c4ccccc4=C(c4ccccc4)C23)cc1. The third-order valence-corrected chi connectivity index (χ3v) is 10.1. The Labute approximate surface area is 301 Å². The molecule has 244 valence electrons. The van der Waals surface area contributed by atoms with E-state index in [2.05, 4.69) is 182 Å². The molecule has 2 aromatic heterocycles. The lowest BCUT2D eigenvalue weighted by molar-refractivity contribution is 0.968. The molecule has 1 unspecified atom stereocenters. The van der Waals surface area contributed by atoms with Gasteiger partial charge in [-0.1, -0.05) is 170 Å². The van der Waals surface area contributed by atoms with E-state index in [-0.39, 0.29) is 5.92 Å². The van der Waals surface area contributed by atoms with Gasteiger partial charge in [0.2, 0.25) is 0 Å². The van der Waals surface area contributed by atoms with Crippen LogP contribution in [0.1, 0.15) is 16.7 Å². The summed E-state index contributed by atoms with van der Waals surface area (Å²) < 4.78 is 2.02. The fourth-order valence-corrected chi connectivity index (χ4v) is 7.67. The predicted molar refractivity (Wildman–Crippen MR) is 213 cm³/mol. The van der Waals surface area contributed by atoms with Crippen molar-refractivity contribution in [2.75, 3.05) is 0 Å². The van der Waals surface area contributed by atoms with E-state index < -0.39 is 0 Å². The summed E-state index contributed by atoms with van der Waals surface area (Å²) in [5, 5.41) is 7.49. The van der Waals surface area contributed by atoms with Crippen LogP contribution in [0.2, 0.25) is 0 Å². The first kappa shape index (κ1) is 30.0. The van der Waals surface area contributed by atoms with Gasteiger partial charge in [-0.25, -0.2) is 14.5 Å². The highest BCUT2D eigenvalue weighted by Gasteiger charge is 2.35. The molecule has 0 saturated carbocycles. The molecule has 4 heteroatoms. The summed E-state index contributed by atoms with van der Waals surface area (Å²) in [7, 11) is 0. The Bertz CT molecular complexity index is 2800. The van der Waals surface area contributed by atoms with E-state index in [1.54, 1.807) is 0 Å². The maximum atomic E-state index is 5.35. The number of fused-ring (bicyclic) bond motifs is 3. The van der Waals surface area contributed by atoms with Crippen LogP contribution < -0.4 is 10.4 Å². The van der Waals surface area contributed by atoms with E-state index in [0.717, 1.165) is 72.6 Å². The van der Waals surface area contributed by atoms with Crippen molar-refractivity contribution in [1.29, 1.82) is 0 Å². The molecule has 3 heterocycles. The molecular formula is C48H32N4. The number of hydrogen-bond donors (Lipinski definition) is 0. The molecule has 0 bridgehead atoms. The van der Waals surface area contributed by atoms with Crippen molar-refractivity contribution in [3.8, 4) is 33.5 Å². The lowest BCUT2D eigenvalue weighted by Gasteiger charge is -2.25. The van der Waals surface area contributed by atoms with Crippen LogP contribution >= 0.6 is 0 Å². The number of nitrogens with zero attached hydrogens (tertiary/aromatic N) is 4. The Morgan fingerprint density at radius 3 is 1.65 bits per heavy atom. The molecule has 1 atom stereocenters. The number of benzene rings is 6. The minimum atomic E-state index is -0.0669. The van der Waals surface area contributed by atoms with Crippen LogP contribution in [0, 0.1) is 5.92 Å². The van der Waals surface area contributed by atoms with Crippen molar-refractivity contribution in [2.45, 2.75) is 0 Å². The van der Waals surface area contributed by atoms with Gasteiger partial charge < -0.3 is 0 Å². The first-order chi connectivity index (χ1) is 25.8. The average molecular weight is 665 g/mol. The molecular weight excluding hydrogens is 633 g/mol. The molecule has 0 amide bonds. The molecule has 6 aromatic carbocycles. The first-order valence-electron chi connectivity index (χ1n) is 17.7. The lowest BCUT2D eigenvalue weighted by Crippen LogP contribution is -2.25. The molecule has 0 fully saturated rings. The third kappa shape index (κ3) is 5.12. The summed E-state index contributed by atoms with van der Waals surface area (Å²) in [4.78, 5) is 10.7. The van der Waals surface area contributed by atoms with Crippen LogP contribution in [-0.2, 0) is 0 Å². The molecule has 0 spiro atoms. The van der Waals surface area contributed by atoms with Gasteiger partial charge in [-0.3, -0.25) is 0 Å². The van der Waals surface area contributed by atoms with Crippen molar-refractivity contribution < 1.29 is 0 Å². The van der Waals surface area contributed by atoms with Crippen LogP contribution in [-0.4, -0.2) is 21.2 Å². The quantitative estimate of drug-likeness (QED) is 0.175. The highest BCUT2D eigenvalue weighted by atomic mass is 15.2. The smallest absolute Gasteiger partial charge is 0.159 e. The number of aliphatic imine (C=N–C) groups is 2. The largest absolute Gasteiger partial charge is 0.239 e. The van der Waals surface area contributed by atoms with Crippen molar-refractivity contribution in [3.05, 3.63) is 215 Å². The van der Waals surface area contributed by atoms with Crippen molar-refractivity contribution in [2.24, 2.45) is 15.9 Å². The lowest BCUT2D eigenvalue weighted by atomic mass is 9.84. The van der Waals surface area contributed by atoms with Crippen LogP contribution in [0.5, 0.6) is 0 Å². The normalized spacial score (nSPS) is 14.9. The third-order valence-electron chi connectivity index (χ3n) is 10.1. The standard InChI is InChI=1S/C48H32N4/c1-5-15-32(16-6-1)38-29-41(33-17-7-2-8-18-33)43-30-42(51-52(43)31-38)34-25-27-37(28-26-34)48-49-46(36-21-11-4-12-22-36)45-44(35-19-9-3-10-20-35)39-23-13-14-24-40(39)47(45)50-48/h1-31,45H. The molecule has 0 N–H and O–H groups in total. The summed E-state index contributed by atoms with van der Waals surface area (Å²) >= 11 is 0. The second kappa shape index (κ2) is 12.4. The van der Waals surface area contributed by atoms with Gasteiger partial charge in [0.25, 0.3) is 0 Å². The summed E-state index contributed by atoms with van der Waals surface area (Å²) in [6, 6.07) is 63.9. The van der Waals surface area contributed by atoms with Gasteiger partial charge >= 0.3 is 0 Å². The number of aromatic nitrogens is 2. The van der Waals surface area contributed by atoms with Crippen molar-refractivity contribution in [3.63, 3.8) is 0 Å². The van der Waals surface area contributed by atoms with E-state index >= 15 is 0 Å². The van der Waals surface area contributed by atoms with Crippen molar-refractivity contribution in [1.82, 2.24) is 9.61 Å². The molecule has 0 saturated heterocycles. The van der Waals surface area contributed by atoms with Gasteiger partial charge in [0.05, 0.1) is 28.5 Å². The number of rotatable bonds is 6. The Balaban J connectivity index is 1.08. The summed E-state index contributed by atoms with van der Waals surface area (Å²) in [6.07, 6.45) is 2.12. The van der Waals surface area contributed by atoms with Gasteiger partial charge in [-0.05, 0) is 45.2 Å². The molecule has 1 aliphatic carbocycles. The second-order valence-electron chi connectivity index (χ2n) is 13.3. The molecule has 8 aromatic rings. The monoisotopic (exact) mass is 664 g/mol. The van der Waals surface area contributed by atoms with E-state index in [1.165, 1.54) is 16.4 Å². The van der Waals surface area contributed by atoms with Gasteiger partial charge in [-0.2, -0.15) is 5.10 Å². The van der Waals surface area contributed by atoms with Crippen LogP contribution in [0.15, 0.2) is 198 Å². The number of pyridine rings is 1. The Morgan fingerprint density at radius 2 is 0.981 bits per heavy atom. The minimum absolute atomic E-state index is 0.0669. The summed E-state index contributed by atoms with van der Waals surface area (Å²) in [6.45, 7) is 0. The van der Waals surface area contributed by atoms with Crippen LogP contribution in [0.4, 0.5) is 0 Å². The van der Waals surface area contributed by atoms with Gasteiger partial charge in [0.1, 0.15) is 0 Å². The van der Waals surface area contributed by atoms with E-state index in [0.29, 0.717) is 0 Å². The zero-order valence-corrected chi connectivity index (χ0v) is 28.3. The van der Waals surface area contributed by atoms with E-state index in [1.807, 2.05) is 10.6 Å². The van der Waals surface area contributed by atoms with Crippen LogP contribution in [0.25, 0.3) is 50.3 Å². The molecule has 1 aliphatic heterocycles. The molecule has 4 nitrogen and oxygen atoms in total. The number of hydrogen-bond acceptors (Lipinski definition) is 3. The second-order valence-corrected chi connectivity index (χ2v) is 13.3. The summed E-state index contributed by atoms with van der Waals surface area (Å²) in [5.74, 6) is 0.650. The van der Waals surface area contributed by atoms with Gasteiger partial charge in [-0.15, -0.1) is 0 Å². The highest BCUT2D eigenvalue weighted by Crippen LogP contribution is 2.38. The zero-order valence-electron chi connectivity index (χ0n) is 28.3. The average Bonchev–Trinajstić information content (AvgIpc) is 3.81. The Morgan fingerprint density at radius 1 is 0.423 bits per heavy atom. The highest BCUT2D eigenvalue weighted by molar-refractivity contribution is 6.23. The van der Waals surface area contributed by atoms with Crippen molar-refractivity contribution >= 4 is 28.3 Å². The summed E-state index contributed by atoms with van der Waals surface area (Å²) in [5.41, 5.74) is 14.2. The number of amidine groups is 1. The van der Waals surface area contributed by atoms with Gasteiger partial charge in [0, 0.05) is 33.7 Å². The molecule has 2 aliphatic rings. The van der Waals surface area contributed by atoms with Gasteiger partial charge in [0.15, 0.2) is 5.84 Å². The zero-order chi connectivity index (χ0) is 34.4. The maximum Gasteiger partial charge on any atom is 0.159 e. The van der Waals surface area contributed by atoms with E-state index in [4.69, 9.17) is 15.1 Å². The first-order valence-corrected chi connectivity index (χ1v) is 17.7. The van der Waals surface area contributed by atoms with E-state index in [9.17, 15) is 0 Å². The fraction of sp³-hybridized carbons (Fsp3) is 0.0208. The maximum absolute atomic E-state index is 5.35.